The zero-order chi connectivity index (χ0) is 21.7. The maximum absolute atomic E-state index is 12.6. The van der Waals surface area contributed by atoms with Crippen molar-refractivity contribution >= 4 is 11.7 Å². The Bertz CT molecular complexity index is 930. The summed E-state index contributed by atoms with van der Waals surface area (Å²) in [4.78, 5) is 33.1. The van der Waals surface area contributed by atoms with Gasteiger partial charge in [0.05, 0.1) is 0 Å². The third kappa shape index (κ3) is 6.57. The van der Waals surface area contributed by atoms with Crippen LogP contribution in [-0.4, -0.2) is 34.7 Å². The summed E-state index contributed by atoms with van der Waals surface area (Å²) < 4.78 is 29.5. The molecule has 8 heteroatoms. The van der Waals surface area contributed by atoms with Gasteiger partial charge in [-0.1, -0.05) is 0 Å². The van der Waals surface area contributed by atoms with Crippen molar-refractivity contribution in [3.8, 4) is 5.88 Å². The smallest absolute Gasteiger partial charge is 0.272 e. The van der Waals surface area contributed by atoms with Gasteiger partial charge in [-0.25, -0.2) is 13.8 Å². The zero-order valence-corrected chi connectivity index (χ0v) is 17.1. The van der Waals surface area contributed by atoms with E-state index in [4.69, 9.17) is 4.74 Å². The number of amides is 1. The number of ether oxygens (including phenoxy) is 1. The van der Waals surface area contributed by atoms with E-state index in [0.29, 0.717) is 34.9 Å². The van der Waals surface area contributed by atoms with E-state index in [1.807, 2.05) is 0 Å². The normalized spacial score (nSPS) is 13.4. The number of hydrogen-bond acceptors (Lipinski definition) is 5. The standard InChI is InChI=1S/C22H25F2N3O3/c1-13-5-16(11-26-22(13)30-12-20(23)24)10-25-21(29)17-6-14(2)27-18(8-17)9-19(28)7-15-3-4-15/h5-6,8,11,15,20H,3-4,7,9-10,12H2,1-2H3,(H,25,29). The van der Waals surface area contributed by atoms with Gasteiger partial charge in [0.1, 0.15) is 5.78 Å². The van der Waals surface area contributed by atoms with E-state index in [-0.39, 0.29) is 30.5 Å². The van der Waals surface area contributed by atoms with Crippen LogP contribution in [0.4, 0.5) is 8.78 Å². The number of alkyl halides is 2. The molecule has 1 amide bonds. The van der Waals surface area contributed by atoms with E-state index in [0.717, 1.165) is 18.4 Å². The van der Waals surface area contributed by atoms with Crippen molar-refractivity contribution in [3.63, 3.8) is 0 Å². The highest BCUT2D eigenvalue weighted by atomic mass is 19.3. The van der Waals surface area contributed by atoms with Gasteiger partial charge < -0.3 is 10.1 Å². The molecule has 160 valence electrons. The number of carbonyl (C=O) groups is 2. The van der Waals surface area contributed by atoms with Crippen molar-refractivity contribution in [3.05, 3.63) is 52.5 Å². The molecule has 0 unspecified atom stereocenters. The summed E-state index contributed by atoms with van der Waals surface area (Å²) in [6, 6.07) is 5.06. The van der Waals surface area contributed by atoms with Gasteiger partial charge in [-0.15, -0.1) is 0 Å². The van der Waals surface area contributed by atoms with Crippen LogP contribution >= 0.6 is 0 Å². The van der Waals surface area contributed by atoms with Gasteiger partial charge in [-0.2, -0.15) is 0 Å². The molecule has 1 saturated carbocycles. The van der Waals surface area contributed by atoms with Crippen molar-refractivity contribution in [2.24, 2.45) is 5.92 Å². The molecule has 1 aliphatic carbocycles. The van der Waals surface area contributed by atoms with Crippen molar-refractivity contribution in [1.29, 1.82) is 0 Å². The maximum Gasteiger partial charge on any atom is 0.272 e. The molecule has 2 heterocycles. The quantitative estimate of drug-likeness (QED) is 0.639. The molecule has 1 aliphatic rings. The van der Waals surface area contributed by atoms with E-state index in [1.54, 1.807) is 32.0 Å². The van der Waals surface area contributed by atoms with Gasteiger partial charge in [0.2, 0.25) is 5.88 Å². The number of halogens is 2. The number of hydrogen-bond donors (Lipinski definition) is 1. The minimum atomic E-state index is -2.57. The predicted molar refractivity (Wildman–Crippen MR) is 107 cm³/mol. The summed E-state index contributed by atoms with van der Waals surface area (Å²) in [6.07, 6.45) is 1.97. The highest BCUT2D eigenvalue weighted by molar-refractivity contribution is 5.94. The number of carbonyl (C=O) groups excluding carboxylic acids is 2. The predicted octanol–water partition coefficient (Wildman–Crippen LogP) is 3.58. The fraction of sp³-hybridized carbons (Fsp3) is 0.455. The largest absolute Gasteiger partial charge is 0.471 e. The lowest BCUT2D eigenvalue weighted by Gasteiger charge is -2.11. The number of aromatic nitrogens is 2. The number of ketones is 1. The molecular weight excluding hydrogens is 392 g/mol. The van der Waals surface area contributed by atoms with Gasteiger partial charge in [0.25, 0.3) is 12.3 Å². The summed E-state index contributed by atoms with van der Waals surface area (Å²) >= 11 is 0. The Morgan fingerprint density at radius 3 is 2.67 bits per heavy atom. The van der Waals surface area contributed by atoms with E-state index < -0.39 is 13.0 Å². The van der Waals surface area contributed by atoms with Crippen LogP contribution < -0.4 is 10.1 Å². The highest BCUT2D eigenvalue weighted by Gasteiger charge is 2.24. The second-order valence-corrected chi connectivity index (χ2v) is 7.70. The Hall–Kier alpha value is -2.90. The average Bonchev–Trinajstić information content (AvgIpc) is 3.48. The first kappa shape index (κ1) is 21.8. The summed E-state index contributed by atoms with van der Waals surface area (Å²) in [5.41, 5.74) is 3.05. The molecule has 30 heavy (non-hydrogen) atoms. The van der Waals surface area contributed by atoms with Crippen LogP contribution in [0, 0.1) is 19.8 Å². The third-order valence-electron chi connectivity index (χ3n) is 4.75. The molecule has 0 aliphatic heterocycles. The average molecular weight is 417 g/mol. The number of aryl methyl sites for hydroxylation is 2. The van der Waals surface area contributed by atoms with Crippen LogP contribution in [0.25, 0.3) is 0 Å². The minimum absolute atomic E-state index is 0.149. The number of pyridine rings is 2. The van der Waals surface area contributed by atoms with Gasteiger partial charge in [0.15, 0.2) is 6.61 Å². The van der Waals surface area contributed by atoms with Crippen LogP contribution in [0.1, 0.15) is 52.1 Å². The van der Waals surface area contributed by atoms with Gasteiger partial charge in [-0.3, -0.25) is 14.6 Å². The molecular formula is C22H25F2N3O3. The molecule has 3 rings (SSSR count). The van der Waals surface area contributed by atoms with Crippen LogP contribution in [-0.2, 0) is 17.8 Å². The lowest BCUT2D eigenvalue weighted by Crippen LogP contribution is -2.23. The monoisotopic (exact) mass is 417 g/mol. The molecule has 0 atom stereocenters. The first-order valence-electron chi connectivity index (χ1n) is 9.94. The fourth-order valence-electron chi connectivity index (χ4n) is 3.17. The topological polar surface area (TPSA) is 81.2 Å². The number of Topliss-reactive ketones (excluding diaryl/α,β-unsaturated/α-hetero) is 1. The molecule has 0 aromatic carbocycles. The lowest BCUT2D eigenvalue weighted by molar-refractivity contribution is -0.118. The summed E-state index contributed by atoms with van der Waals surface area (Å²) in [6.45, 7) is 3.00. The van der Waals surface area contributed by atoms with E-state index in [9.17, 15) is 18.4 Å². The van der Waals surface area contributed by atoms with E-state index in [2.05, 4.69) is 15.3 Å². The van der Waals surface area contributed by atoms with Crippen LogP contribution in [0.5, 0.6) is 5.88 Å². The molecule has 0 bridgehead atoms. The summed E-state index contributed by atoms with van der Waals surface area (Å²) in [5, 5.41) is 2.81. The van der Waals surface area contributed by atoms with Crippen molar-refractivity contribution in [1.82, 2.24) is 15.3 Å². The molecule has 2 aromatic heterocycles. The number of nitrogens with one attached hydrogen (secondary N) is 1. The first-order chi connectivity index (χ1) is 14.3. The van der Waals surface area contributed by atoms with Crippen molar-refractivity contribution < 1.29 is 23.1 Å². The van der Waals surface area contributed by atoms with Crippen LogP contribution in [0.2, 0.25) is 0 Å². The molecule has 2 aromatic rings. The number of rotatable bonds is 10. The summed E-state index contributed by atoms with van der Waals surface area (Å²) in [7, 11) is 0. The minimum Gasteiger partial charge on any atom is -0.471 e. The Morgan fingerprint density at radius 2 is 2.00 bits per heavy atom. The second-order valence-electron chi connectivity index (χ2n) is 7.70. The zero-order valence-electron chi connectivity index (χ0n) is 17.1. The molecule has 0 radical (unpaired) electrons. The van der Waals surface area contributed by atoms with Gasteiger partial charge >= 0.3 is 0 Å². The first-order valence-corrected chi connectivity index (χ1v) is 9.94. The molecule has 0 saturated heterocycles. The Balaban J connectivity index is 1.58. The molecule has 1 fully saturated rings. The molecule has 0 spiro atoms. The van der Waals surface area contributed by atoms with Crippen molar-refractivity contribution in [2.75, 3.05) is 6.61 Å². The highest BCUT2D eigenvalue weighted by Crippen LogP contribution is 2.32. The lowest BCUT2D eigenvalue weighted by atomic mass is 10.1. The van der Waals surface area contributed by atoms with Gasteiger partial charge in [0, 0.05) is 48.1 Å². The Kier molecular flexibility index (Phi) is 7.07. The molecule has 1 N–H and O–H groups in total. The second kappa shape index (κ2) is 9.73. The van der Waals surface area contributed by atoms with Gasteiger partial charge in [-0.05, 0) is 56.4 Å². The van der Waals surface area contributed by atoms with Crippen LogP contribution in [0.3, 0.4) is 0 Å². The SMILES string of the molecule is Cc1cc(C(=O)NCc2cnc(OCC(F)F)c(C)c2)cc(CC(=O)CC2CC2)n1. The van der Waals surface area contributed by atoms with Crippen molar-refractivity contribution in [2.45, 2.75) is 52.5 Å². The Morgan fingerprint density at radius 1 is 1.23 bits per heavy atom. The third-order valence-corrected chi connectivity index (χ3v) is 4.75. The fourth-order valence-corrected chi connectivity index (χ4v) is 3.17. The van der Waals surface area contributed by atoms with E-state index >= 15 is 0 Å². The maximum atomic E-state index is 12.6. The summed E-state index contributed by atoms with van der Waals surface area (Å²) in [5.74, 6) is 0.537. The van der Waals surface area contributed by atoms with Crippen LogP contribution in [0.15, 0.2) is 24.4 Å². The molecule has 6 nitrogen and oxygen atoms in total. The van der Waals surface area contributed by atoms with E-state index in [1.165, 1.54) is 6.20 Å². The number of nitrogens with zero attached hydrogens (tertiary/aromatic N) is 2. The Labute approximate surface area is 174 Å².